The molecule has 0 aliphatic heterocycles. The number of carboxylic acid groups (broad SMARTS) is 1. The summed E-state index contributed by atoms with van der Waals surface area (Å²) in [5.74, 6) is -0.636. The number of carbonyl (C=O) groups is 1. The third kappa shape index (κ3) is 12.5. The van der Waals surface area contributed by atoms with Crippen LogP contribution in [0.4, 0.5) is 0 Å². The normalized spacial score (nSPS) is 12.7. The highest BCUT2D eigenvalue weighted by molar-refractivity contribution is 5.73. The van der Waals surface area contributed by atoms with Crippen LogP contribution in [-0.4, -0.2) is 35.1 Å². The number of aliphatic carboxylic acids is 1. The molecule has 0 bridgehead atoms. The Balaban J connectivity index is 3.77. The van der Waals surface area contributed by atoms with Crippen molar-refractivity contribution in [3.63, 3.8) is 0 Å². The molecule has 0 saturated carbocycles. The van der Waals surface area contributed by atoms with Gasteiger partial charge in [0.1, 0.15) is 6.04 Å². The Morgan fingerprint density at radius 2 is 1.17 bits per heavy atom. The van der Waals surface area contributed by atoms with Gasteiger partial charge in [0.2, 0.25) is 0 Å². The third-order valence-electron chi connectivity index (χ3n) is 4.58. The predicted octanol–water partition coefficient (Wildman–Crippen LogP) is 5.87. The van der Waals surface area contributed by atoms with Crippen molar-refractivity contribution in [2.24, 2.45) is 0 Å². The van der Waals surface area contributed by atoms with Crippen molar-refractivity contribution in [1.82, 2.24) is 4.90 Å². The van der Waals surface area contributed by atoms with Crippen LogP contribution in [0.3, 0.4) is 0 Å². The van der Waals surface area contributed by atoms with Crippen LogP contribution >= 0.6 is 0 Å². The van der Waals surface area contributed by atoms with Crippen LogP contribution < -0.4 is 0 Å². The molecule has 0 spiro atoms. The number of nitrogens with zero attached hydrogens (tertiary/aromatic N) is 1. The minimum Gasteiger partial charge on any atom is -0.480 e. The Kier molecular flexibility index (Phi) is 15.9. The molecule has 0 aliphatic carbocycles. The van der Waals surface area contributed by atoms with Crippen LogP contribution in [0, 0.1) is 0 Å². The first-order valence-corrected chi connectivity index (χ1v) is 10.1. The van der Waals surface area contributed by atoms with Gasteiger partial charge in [0.25, 0.3) is 0 Å². The standard InChI is InChI=1S/C20H41NO2/c1-4-7-8-9-10-11-12-13-14-15-16-19(20(22)23)21(17-5-2)18-6-3/h19H,4-18H2,1-3H3,(H,22,23). The molecule has 1 unspecified atom stereocenters. The van der Waals surface area contributed by atoms with E-state index >= 15 is 0 Å². The second-order valence-corrected chi connectivity index (χ2v) is 6.86. The molecule has 0 radical (unpaired) electrons. The van der Waals surface area contributed by atoms with Crippen LogP contribution in [-0.2, 0) is 4.79 Å². The molecule has 0 aromatic rings. The first-order chi connectivity index (χ1) is 11.2. The quantitative estimate of drug-likeness (QED) is 0.339. The molecule has 0 amide bonds. The lowest BCUT2D eigenvalue weighted by atomic mass is 10.0. The number of carboxylic acids is 1. The molecule has 0 heterocycles. The summed E-state index contributed by atoms with van der Waals surface area (Å²) in [6, 6.07) is -0.274. The summed E-state index contributed by atoms with van der Waals surface area (Å²) in [4.78, 5) is 13.7. The summed E-state index contributed by atoms with van der Waals surface area (Å²) in [5, 5.41) is 9.50. The van der Waals surface area contributed by atoms with Crippen LogP contribution in [0.1, 0.15) is 104 Å². The molecular formula is C20H41NO2. The molecule has 138 valence electrons. The van der Waals surface area contributed by atoms with Gasteiger partial charge in [0.15, 0.2) is 0 Å². The molecule has 3 heteroatoms. The maximum Gasteiger partial charge on any atom is 0.320 e. The molecule has 0 rings (SSSR count). The zero-order valence-corrected chi connectivity index (χ0v) is 16.0. The van der Waals surface area contributed by atoms with Gasteiger partial charge in [0, 0.05) is 0 Å². The van der Waals surface area contributed by atoms with Crippen molar-refractivity contribution >= 4 is 5.97 Å². The molecule has 0 aliphatic rings. The van der Waals surface area contributed by atoms with Gasteiger partial charge in [-0.05, 0) is 32.4 Å². The average Bonchev–Trinajstić information content (AvgIpc) is 2.52. The fourth-order valence-corrected chi connectivity index (χ4v) is 3.29. The van der Waals surface area contributed by atoms with E-state index in [0.29, 0.717) is 0 Å². The van der Waals surface area contributed by atoms with Gasteiger partial charge >= 0.3 is 5.97 Å². The fraction of sp³-hybridized carbons (Fsp3) is 0.950. The second-order valence-electron chi connectivity index (χ2n) is 6.86. The zero-order chi connectivity index (χ0) is 17.3. The summed E-state index contributed by atoms with van der Waals surface area (Å²) in [5.41, 5.74) is 0. The lowest BCUT2D eigenvalue weighted by Gasteiger charge is -2.28. The van der Waals surface area contributed by atoms with Crippen molar-refractivity contribution in [1.29, 1.82) is 0 Å². The molecule has 0 aromatic carbocycles. The van der Waals surface area contributed by atoms with Gasteiger partial charge in [-0.15, -0.1) is 0 Å². The molecule has 23 heavy (non-hydrogen) atoms. The summed E-state index contributed by atoms with van der Waals surface area (Å²) < 4.78 is 0. The molecule has 3 nitrogen and oxygen atoms in total. The third-order valence-corrected chi connectivity index (χ3v) is 4.58. The van der Waals surface area contributed by atoms with Crippen molar-refractivity contribution in [2.75, 3.05) is 13.1 Å². The topological polar surface area (TPSA) is 40.5 Å². The maximum absolute atomic E-state index is 11.5. The molecule has 1 N–H and O–H groups in total. The summed E-state index contributed by atoms with van der Waals surface area (Å²) in [6.45, 7) is 8.32. The van der Waals surface area contributed by atoms with Gasteiger partial charge in [-0.3, -0.25) is 9.69 Å². The van der Waals surface area contributed by atoms with Crippen molar-refractivity contribution < 1.29 is 9.90 Å². The fourth-order valence-electron chi connectivity index (χ4n) is 3.29. The Labute approximate surface area is 144 Å². The van der Waals surface area contributed by atoms with E-state index in [1.54, 1.807) is 0 Å². The van der Waals surface area contributed by atoms with Crippen LogP contribution in [0.25, 0.3) is 0 Å². The summed E-state index contributed by atoms with van der Waals surface area (Å²) >= 11 is 0. The highest BCUT2D eigenvalue weighted by Gasteiger charge is 2.23. The highest BCUT2D eigenvalue weighted by atomic mass is 16.4. The first-order valence-electron chi connectivity index (χ1n) is 10.1. The predicted molar refractivity (Wildman–Crippen MR) is 100 cm³/mol. The van der Waals surface area contributed by atoms with E-state index in [1.165, 1.54) is 57.8 Å². The Hall–Kier alpha value is -0.570. The Morgan fingerprint density at radius 1 is 0.739 bits per heavy atom. The lowest BCUT2D eigenvalue weighted by Crippen LogP contribution is -2.42. The van der Waals surface area contributed by atoms with Crippen molar-refractivity contribution in [3.8, 4) is 0 Å². The van der Waals surface area contributed by atoms with Gasteiger partial charge in [0.05, 0.1) is 0 Å². The monoisotopic (exact) mass is 327 g/mol. The molecule has 0 fully saturated rings. The van der Waals surface area contributed by atoms with E-state index < -0.39 is 5.97 Å². The average molecular weight is 328 g/mol. The van der Waals surface area contributed by atoms with E-state index in [2.05, 4.69) is 25.7 Å². The van der Waals surface area contributed by atoms with Crippen molar-refractivity contribution in [3.05, 3.63) is 0 Å². The Morgan fingerprint density at radius 3 is 1.57 bits per heavy atom. The van der Waals surface area contributed by atoms with Gasteiger partial charge < -0.3 is 5.11 Å². The van der Waals surface area contributed by atoms with E-state index in [4.69, 9.17) is 0 Å². The Bertz CT molecular complexity index is 262. The smallest absolute Gasteiger partial charge is 0.320 e. The number of rotatable bonds is 17. The van der Waals surface area contributed by atoms with Gasteiger partial charge in [-0.2, -0.15) is 0 Å². The van der Waals surface area contributed by atoms with E-state index in [0.717, 1.165) is 38.8 Å². The van der Waals surface area contributed by atoms with Gasteiger partial charge in [-0.25, -0.2) is 0 Å². The summed E-state index contributed by atoms with van der Waals surface area (Å²) in [7, 11) is 0. The maximum atomic E-state index is 11.5. The summed E-state index contributed by atoms with van der Waals surface area (Å²) in [6.07, 6.45) is 15.9. The largest absolute Gasteiger partial charge is 0.480 e. The van der Waals surface area contributed by atoms with Crippen LogP contribution in [0.5, 0.6) is 0 Å². The minimum absolute atomic E-state index is 0.274. The molecule has 1 atom stereocenters. The number of unbranched alkanes of at least 4 members (excludes halogenated alkanes) is 9. The second kappa shape index (κ2) is 16.3. The molecule has 0 aromatic heterocycles. The van der Waals surface area contributed by atoms with E-state index in [-0.39, 0.29) is 6.04 Å². The molecule has 0 saturated heterocycles. The highest BCUT2D eigenvalue weighted by Crippen LogP contribution is 2.15. The lowest BCUT2D eigenvalue weighted by molar-refractivity contribution is -0.143. The van der Waals surface area contributed by atoms with Crippen molar-refractivity contribution in [2.45, 2.75) is 110 Å². The van der Waals surface area contributed by atoms with Gasteiger partial charge in [-0.1, -0.05) is 85.0 Å². The molecular weight excluding hydrogens is 286 g/mol. The van der Waals surface area contributed by atoms with Crippen LogP contribution in [0.2, 0.25) is 0 Å². The minimum atomic E-state index is -0.636. The number of hydrogen-bond donors (Lipinski definition) is 1. The van der Waals surface area contributed by atoms with Crippen LogP contribution in [0.15, 0.2) is 0 Å². The van der Waals surface area contributed by atoms with E-state index in [9.17, 15) is 9.90 Å². The zero-order valence-electron chi connectivity index (χ0n) is 16.0. The first kappa shape index (κ1) is 22.4. The SMILES string of the molecule is CCCCCCCCCCCCC(C(=O)O)N(CCC)CCC. The number of hydrogen-bond acceptors (Lipinski definition) is 2. The van der Waals surface area contributed by atoms with E-state index in [1.807, 2.05) is 0 Å².